The van der Waals surface area contributed by atoms with Crippen LogP contribution < -0.4 is 10.1 Å². The summed E-state index contributed by atoms with van der Waals surface area (Å²) < 4.78 is 6.93. The second-order valence-corrected chi connectivity index (χ2v) is 11.8. The molecule has 0 atom stereocenters. The Morgan fingerprint density at radius 2 is 1.83 bits per heavy atom. The van der Waals surface area contributed by atoms with Gasteiger partial charge in [-0.05, 0) is 24.3 Å². The van der Waals surface area contributed by atoms with Gasteiger partial charge >= 0.3 is 0 Å². The van der Waals surface area contributed by atoms with Crippen molar-refractivity contribution in [2.75, 3.05) is 7.11 Å². The zero-order valence-corrected chi connectivity index (χ0v) is 15.7. The highest BCUT2D eigenvalue weighted by molar-refractivity contribution is 6.88. The molecular weight excluding hydrogens is 342 g/mol. The van der Waals surface area contributed by atoms with Crippen LogP contribution in [0.15, 0.2) is 36.7 Å². The highest BCUT2D eigenvalue weighted by Gasteiger charge is 2.20. The molecule has 0 aliphatic heterocycles. The molecule has 2 aromatic heterocycles. The van der Waals surface area contributed by atoms with E-state index < -0.39 is 8.07 Å². The summed E-state index contributed by atoms with van der Waals surface area (Å²) >= 11 is 5.96. The van der Waals surface area contributed by atoms with Crippen molar-refractivity contribution < 1.29 is 4.74 Å². The van der Waals surface area contributed by atoms with Gasteiger partial charge in [0.2, 0.25) is 5.88 Å². The zero-order valence-electron chi connectivity index (χ0n) is 14.0. The molecule has 0 unspecified atom stereocenters. The highest BCUT2D eigenvalue weighted by Crippen LogP contribution is 2.24. The lowest BCUT2D eigenvalue weighted by Crippen LogP contribution is -2.38. The molecule has 2 heterocycles. The van der Waals surface area contributed by atoms with E-state index in [0.717, 1.165) is 16.6 Å². The molecule has 0 N–H and O–H groups in total. The lowest BCUT2D eigenvalue weighted by Gasteiger charge is -2.10. The van der Waals surface area contributed by atoms with Gasteiger partial charge in [0.25, 0.3) is 0 Å². The van der Waals surface area contributed by atoms with Crippen molar-refractivity contribution in [1.29, 1.82) is 0 Å². The van der Waals surface area contributed by atoms with Gasteiger partial charge in [0.05, 0.1) is 24.3 Å². The van der Waals surface area contributed by atoms with E-state index in [2.05, 4.69) is 39.9 Å². The molecule has 124 valence electrons. The van der Waals surface area contributed by atoms with Gasteiger partial charge in [-0.3, -0.25) is 0 Å². The Morgan fingerprint density at radius 3 is 2.42 bits per heavy atom. The van der Waals surface area contributed by atoms with Gasteiger partial charge < -0.3 is 4.74 Å². The second kappa shape index (κ2) is 6.33. The Balaban J connectivity index is 1.89. The van der Waals surface area contributed by atoms with Crippen LogP contribution in [0, 0.1) is 0 Å². The first kappa shape index (κ1) is 16.6. The topological polar surface area (TPSA) is 65.7 Å². The number of rotatable bonds is 4. The average molecular weight is 360 g/mol. The fourth-order valence-corrected chi connectivity index (χ4v) is 3.15. The summed E-state index contributed by atoms with van der Waals surface area (Å²) in [6.07, 6.45) is 3.54. The number of aromatic nitrogens is 5. The Hall–Kier alpha value is -2.25. The van der Waals surface area contributed by atoms with Gasteiger partial charge in [-0.15, -0.1) is 5.10 Å². The van der Waals surface area contributed by atoms with Crippen molar-refractivity contribution in [2.24, 2.45) is 0 Å². The van der Waals surface area contributed by atoms with E-state index in [-0.39, 0.29) is 0 Å². The number of methoxy groups -OCH3 is 1. The van der Waals surface area contributed by atoms with Crippen molar-refractivity contribution in [3.63, 3.8) is 0 Å². The van der Waals surface area contributed by atoms with Gasteiger partial charge in [0.1, 0.15) is 13.1 Å². The summed E-state index contributed by atoms with van der Waals surface area (Å²) in [6, 6.07) is 7.80. The van der Waals surface area contributed by atoms with Crippen molar-refractivity contribution >= 4 is 25.0 Å². The Kier molecular flexibility index (Phi) is 4.38. The summed E-state index contributed by atoms with van der Waals surface area (Å²) in [7, 11) is 0.0640. The minimum absolute atomic E-state index is 0.363. The number of nitrogens with zero attached hydrogens (tertiary/aromatic N) is 5. The van der Waals surface area contributed by atoms with Crippen LogP contribution in [0.2, 0.25) is 24.7 Å². The van der Waals surface area contributed by atoms with Crippen molar-refractivity contribution in [2.45, 2.75) is 19.6 Å². The first-order chi connectivity index (χ1) is 11.4. The van der Waals surface area contributed by atoms with Crippen LogP contribution in [0.5, 0.6) is 5.88 Å². The molecule has 0 spiro atoms. The molecule has 0 radical (unpaired) electrons. The lowest BCUT2D eigenvalue weighted by molar-refractivity contribution is 0.397. The van der Waals surface area contributed by atoms with Crippen LogP contribution in [-0.2, 0) is 0 Å². The predicted molar refractivity (Wildman–Crippen MR) is 96.9 cm³/mol. The number of benzene rings is 1. The Morgan fingerprint density at radius 1 is 1.12 bits per heavy atom. The minimum Gasteiger partial charge on any atom is -0.480 e. The van der Waals surface area contributed by atoms with E-state index in [9.17, 15) is 0 Å². The molecule has 0 bridgehead atoms. The van der Waals surface area contributed by atoms with Gasteiger partial charge in [-0.25, -0.2) is 9.67 Å². The summed E-state index contributed by atoms with van der Waals surface area (Å²) in [4.78, 5) is 8.55. The number of halogens is 1. The van der Waals surface area contributed by atoms with E-state index in [1.165, 1.54) is 13.3 Å². The molecule has 0 amide bonds. The summed E-state index contributed by atoms with van der Waals surface area (Å²) in [5.41, 5.74) is 1.82. The van der Waals surface area contributed by atoms with Gasteiger partial charge in [-0.1, -0.05) is 36.5 Å². The summed E-state index contributed by atoms with van der Waals surface area (Å²) in [5, 5.41) is 9.99. The average Bonchev–Trinajstić information content (AvgIpc) is 3.06. The Bertz CT molecular complexity index is 858. The van der Waals surface area contributed by atoms with Crippen molar-refractivity contribution in [3.05, 3.63) is 41.7 Å². The third-order valence-electron chi connectivity index (χ3n) is 3.56. The Labute approximate surface area is 146 Å². The molecule has 24 heavy (non-hydrogen) atoms. The third kappa shape index (κ3) is 3.32. The van der Waals surface area contributed by atoms with E-state index in [1.807, 2.05) is 30.5 Å². The summed E-state index contributed by atoms with van der Waals surface area (Å²) in [6.45, 7) is 6.74. The van der Waals surface area contributed by atoms with E-state index in [1.54, 1.807) is 4.68 Å². The normalized spacial score (nSPS) is 11.5. The van der Waals surface area contributed by atoms with E-state index in [4.69, 9.17) is 16.3 Å². The fourth-order valence-electron chi connectivity index (χ4n) is 2.13. The first-order valence-electron chi connectivity index (χ1n) is 7.48. The maximum atomic E-state index is 5.96. The standard InChI is InChI=1S/C16H18ClN5OSi/c1-23-16-13(17)9-18-15(19-16)11-5-7-12(8-6-11)22-10-14(20-21-22)24(2,3)4/h5-10H,1-4H3. The molecule has 0 aliphatic rings. The highest BCUT2D eigenvalue weighted by atomic mass is 35.5. The van der Waals surface area contributed by atoms with Gasteiger partial charge in [0, 0.05) is 11.8 Å². The third-order valence-corrected chi connectivity index (χ3v) is 5.58. The number of hydrogen-bond acceptors (Lipinski definition) is 5. The van der Waals surface area contributed by atoms with Crippen LogP contribution in [-0.4, -0.2) is 40.1 Å². The smallest absolute Gasteiger partial charge is 0.235 e. The number of hydrogen-bond donors (Lipinski definition) is 0. The molecule has 0 aliphatic carbocycles. The van der Waals surface area contributed by atoms with Crippen LogP contribution in [0.4, 0.5) is 0 Å². The molecular formula is C16H18ClN5OSi. The molecule has 0 fully saturated rings. The van der Waals surface area contributed by atoms with Gasteiger partial charge in [-0.2, -0.15) is 4.98 Å². The molecule has 0 saturated heterocycles. The SMILES string of the molecule is COc1nc(-c2ccc(-n3cc([Si](C)(C)C)nn3)cc2)ncc1Cl. The van der Waals surface area contributed by atoms with Crippen molar-refractivity contribution in [1.82, 2.24) is 25.0 Å². The van der Waals surface area contributed by atoms with Gasteiger partial charge in [0.15, 0.2) is 5.82 Å². The molecule has 3 aromatic rings. The number of ether oxygens (including phenoxy) is 1. The quantitative estimate of drug-likeness (QED) is 0.670. The molecule has 0 saturated carbocycles. The molecule has 1 aromatic carbocycles. The molecule has 3 rings (SSSR count). The fraction of sp³-hybridized carbons (Fsp3) is 0.250. The zero-order chi connectivity index (χ0) is 17.3. The predicted octanol–water partition coefficient (Wildman–Crippen LogP) is 2.93. The minimum atomic E-state index is -1.47. The first-order valence-corrected chi connectivity index (χ1v) is 11.4. The van der Waals surface area contributed by atoms with E-state index in [0.29, 0.717) is 16.7 Å². The van der Waals surface area contributed by atoms with Crippen LogP contribution in [0.1, 0.15) is 0 Å². The van der Waals surface area contributed by atoms with E-state index >= 15 is 0 Å². The monoisotopic (exact) mass is 359 g/mol. The lowest BCUT2D eigenvalue weighted by atomic mass is 10.2. The largest absolute Gasteiger partial charge is 0.480 e. The molecule has 8 heteroatoms. The van der Waals surface area contributed by atoms with Crippen LogP contribution in [0.3, 0.4) is 0 Å². The molecule has 6 nitrogen and oxygen atoms in total. The van der Waals surface area contributed by atoms with Crippen LogP contribution >= 0.6 is 11.6 Å². The second-order valence-electron chi connectivity index (χ2n) is 6.40. The maximum absolute atomic E-state index is 5.96. The van der Waals surface area contributed by atoms with Crippen molar-refractivity contribution in [3.8, 4) is 23.0 Å². The maximum Gasteiger partial charge on any atom is 0.235 e. The summed E-state index contributed by atoms with van der Waals surface area (Å²) in [5.74, 6) is 0.922. The van der Waals surface area contributed by atoms with Crippen LogP contribution in [0.25, 0.3) is 17.1 Å².